The Hall–Kier alpha value is -1.40. The summed E-state index contributed by atoms with van der Waals surface area (Å²) in [4.78, 5) is 10.7. The minimum absolute atomic E-state index is 0.278. The second kappa shape index (κ2) is 5.30. The van der Waals surface area contributed by atoms with Gasteiger partial charge in [0.25, 0.3) is 0 Å². The molecule has 1 aliphatic heterocycles. The maximum Gasteiger partial charge on any atom is 0.223 e. The lowest BCUT2D eigenvalue weighted by molar-refractivity contribution is 0.0247. The predicted molar refractivity (Wildman–Crippen MR) is 78.6 cm³/mol. The highest BCUT2D eigenvalue weighted by atomic mass is 32.1. The van der Waals surface area contributed by atoms with E-state index in [0.717, 1.165) is 35.6 Å². The first-order chi connectivity index (χ1) is 9.22. The summed E-state index contributed by atoms with van der Waals surface area (Å²) in [6, 6.07) is 2.10. The first-order valence-corrected chi connectivity index (χ1v) is 7.43. The molecule has 19 heavy (non-hydrogen) atoms. The van der Waals surface area contributed by atoms with Gasteiger partial charge in [-0.2, -0.15) is 4.98 Å². The minimum Gasteiger partial charge on any atom is -0.376 e. The molecule has 1 unspecified atom stereocenters. The molecule has 6 heteroatoms. The Morgan fingerprint density at radius 2 is 2.37 bits per heavy atom. The molecule has 0 saturated carbocycles. The monoisotopic (exact) mass is 278 g/mol. The molecule has 3 rings (SSSR count). The van der Waals surface area contributed by atoms with Crippen LogP contribution in [0.1, 0.15) is 24.1 Å². The number of thiophene rings is 1. The lowest BCUT2D eigenvalue weighted by Crippen LogP contribution is -2.27. The summed E-state index contributed by atoms with van der Waals surface area (Å²) >= 11 is 1.64. The average molecular weight is 278 g/mol. The van der Waals surface area contributed by atoms with E-state index in [1.54, 1.807) is 11.3 Å². The summed E-state index contributed by atoms with van der Waals surface area (Å²) in [5.41, 5.74) is 5.76. The average Bonchev–Trinajstić information content (AvgIpc) is 2.77. The second-order valence-electron chi connectivity index (χ2n) is 4.88. The molecule has 2 aromatic heterocycles. The maximum absolute atomic E-state index is 5.76. The third-order valence-electron chi connectivity index (χ3n) is 3.30. The Morgan fingerprint density at radius 1 is 1.47 bits per heavy atom. The van der Waals surface area contributed by atoms with Crippen LogP contribution >= 0.6 is 11.3 Å². The summed E-state index contributed by atoms with van der Waals surface area (Å²) in [5, 5.41) is 4.41. The van der Waals surface area contributed by atoms with Crippen molar-refractivity contribution >= 4 is 33.3 Å². The molecule has 0 bridgehead atoms. The maximum atomic E-state index is 5.76. The molecule has 0 aromatic carbocycles. The van der Waals surface area contributed by atoms with Gasteiger partial charge in [0.1, 0.15) is 10.6 Å². The van der Waals surface area contributed by atoms with E-state index >= 15 is 0 Å². The lowest BCUT2D eigenvalue weighted by atomic mass is 10.1. The van der Waals surface area contributed by atoms with Crippen molar-refractivity contribution in [1.29, 1.82) is 0 Å². The predicted octanol–water partition coefficient (Wildman–Crippen LogP) is 2.56. The van der Waals surface area contributed by atoms with Crippen LogP contribution in [0.15, 0.2) is 6.07 Å². The summed E-state index contributed by atoms with van der Waals surface area (Å²) in [6.07, 6.45) is 3.80. The molecule has 2 aromatic rings. The molecule has 3 heterocycles. The van der Waals surface area contributed by atoms with E-state index in [2.05, 4.69) is 28.3 Å². The van der Waals surface area contributed by atoms with Gasteiger partial charge >= 0.3 is 0 Å². The van der Waals surface area contributed by atoms with Crippen LogP contribution in [0.2, 0.25) is 0 Å². The number of anilines is 2. The summed E-state index contributed by atoms with van der Waals surface area (Å²) < 4.78 is 5.71. The number of hydrogen-bond donors (Lipinski definition) is 2. The second-order valence-corrected chi connectivity index (χ2v) is 6.11. The van der Waals surface area contributed by atoms with Gasteiger partial charge in [0.05, 0.1) is 11.5 Å². The van der Waals surface area contributed by atoms with Gasteiger partial charge in [-0.05, 0) is 32.3 Å². The Kier molecular flexibility index (Phi) is 3.52. The molecule has 0 amide bonds. The lowest BCUT2D eigenvalue weighted by Gasteiger charge is -2.23. The molecule has 3 N–H and O–H groups in total. The molecule has 0 radical (unpaired) electrons. The minimum atomic E-state index is 0.278. The van der Waals surface area contributed by atoms with E-state index in [0.29, 0.717) is 5.95 Å². The number of aromatic nitrogens is 2. The number of nitrogens with zero attached hydrogens (tertiary/aromatic N) is 2. The number of hydrogen-bond acceptors (Lipinski definition) is 6. The van der Waals surface area contributed by atoms with E-state index in [9.17, 15) is 0 Å². The number of nitrogen functional groups attached to an aromatic ring is 1. The van der Waals surface area contributed by atoms with Gasteiger partial charge in [0.2, 0.25) is 5.95 Å². The molecule has 1 aliphatic rings. The molecular formula is C13H18N4OS. The van der Waals surface area contributed by atoms with Crippen molar-refractivity contribution in [2.45, 2.75) is 32.3 Å². The van der Waals surface area contributed by atoms with Crippen LogP contribution in [0.4, 0.5) is 11.8 Å². The molecule has 5 nitrogen and oxygen atoms in total. The van der Waals surface area contributed by atoms with Crippen LogP contribution in [-0.4, -0.2) is 29.2 Å². The van der Waals surface area contributed by atoms with Crippen LogP contribution in [0, 0.1) is 6.92 Å². The van der Waals surface area contributed by atoms with Gasteiger partial charge in [-0.3, -0.25) is 0 Å². The Labute approximate surface area is 116 Å². The third kappa shape index (κ3) is 2.79. The topological polar surface area (TPSA) is 73.1 Å². The number of nitrogens with one attached hydrogen (secondary N) is 1. The summed E-state index contributed by atoms with van der Waals surface area (Å²) in [7, 11) is 0. The Bertz CT molecular complexity index is 577. The molecule has 1 atom stereocenters. The normalized spacial score (nSPS) is 19.7. The fourth-order valence-corrected chi connectivity index (χ4v) is 3.26. The summed E-state index contributed by atoms with van der Waals surface area (Å²) in [5.74, 6) is 1.14. The standard InChI is InChI=1S/C13H18N4OS/c1-8-6-10-11(16-13(14)17-12(10)19-8)15-7-9-4-2-3-5-18-9/h6,9H,2-5,7H2,1H3,(H3,14,15,16,17). The Morgan fingerprint density at radius 3 is 3.16 bits per heavy atom. The van der Waals surface area contributed by atoms with Crippen LogP contribution < -0.4 is 11.1 Å². The van der Waals surface area contributed by atoms with E-state index < -0.39 is 0 Å². The van der Waals surface area contributed by atoms with Crippen LogP contribution in [-0.2, 0) is 4.74 Å². The fourth-order valence-electron chi connectivity index (χ4n) is 2.37. The van der Waals surface area contributed by atoms with Crippen molar-refractivity contribution in [3.05, 3.63) is 10.9 Å². The van der Waals surface area contributed by atoms with Gasteiger partial charge in [0, 0.05) is 18.0 Å². The first kappa shape index (κ1) is 12.6. The third-order valence-corrected chi connectivity index (χ3v) is 4.25. The van der Waals surface area contributed by atoms with Gasteiger partial charge in [-0.1, -0.05) is 0 Å². The van der Waals surface area contributed by atoms with Gasteiger partial charge < -0.3 is 15.8 Å². The SMILES string of the molecule is Cc1cc2c(NCC3CCCCO3)nc(N)nc2s1. The highest BCUT2D eigenvalue weighted by molar-refractivity contribution is 7.18. The highest BCUT2D eigenvalue weighted by Gasteiger charge is 2.15. The van der Waals surface area contributed by atoms with Gasteiger partial charge in [0.15, 0.2) is 0 Å². The van der Waals surface area contributed by atoms with E-state index in [-0.39, 0.29) is 6.10 Å². The van der Waals surface area contributed by atoms with Crippen molar-refractivity contribution in [3.63, 3.8) is 0 Å². The van der Waals surface area contributed by atoms with Crippen molar-refractivity contribution in [2.75, 3.05) is 24.2 Å². The van der Waals surface area contributed by atoms with Crippen LogP contribution in [0.3, 0.4) is 0 Å². The first-order valence-electron chi connectivity index (χ1n) is 6.61. The van der Waals surface area contributed by atoms with Gasteiger partial charge in [-0.15, -0.1) is 11.3 Å². The van der Waals surface area contributed by atoms with Crippen molar-refractivity contribution in [3.8, 4) is 0 Å². The van der Waals surface area contributed by atoms with Crippen LogP contribution in [0.25, 0.3) is 10.2 Å². The zero-order chi connectivity index (χ0) is 13.2. The molecule has 1 saturated heterocycles. The number of aryl methyl sites for hydroxylation is 1. The smallest absolute Gasteiger partial charge is 0.223 e. The van der Waals surface area contributed by atoms with E-state index in [4.69, 9.17) is 10.5 Å². The zero-order valence-electron chi connectivity index (χ0n) is 11.0. The van der Waals surface area contributed by atoms with Crippen molar-refractivity contribution in [2.24, 2.45) is 0 Å². The largest absolute Gasteiger partial charge is 0.376 e. The fraction of sp³-hybridized carbons (Fsp3) is 0.538. The highest BCUT2D eigenvalue weighted by Crippen LogP contribution is 2.29. The van der Waals surface area contributed by atoms with E-state index in [1.165, 1.54) is 17.7 Å². The molecule has 102 valence electrons. The molecule has 0 aliphatic carbocycles. The Balaban J connectivity index is 1.79. The summed E-state index contributed by atoms with van der Waals surface area (Å²) in [6.45, 7) is 3.71. The quantitative estimate of drug-likeness (QED) is 0.902. The van der Waals surface area contributed by atoms with Crippen molar-refractivity contribution < 1.29 is 4.74 Å². The molecular weight excluding hydrogens is 260 g/mol. The number of fused-ring (bicyclic) bond motifs is 1. The van der Waals surface area contributed by atoms with E-state index in [1.807, 2.05) is 0 Å². The number of rotatable bonds is 3. The number of ether oxygens (including phenoxy) is 1. The van der Waals surface area contributed by atoms with Crippen molar-refractivity contribution in [1.82, 2.24) is 9.97 Å². The number of nitrogens with two attached hydrogens (primary N) is 1. The van der Waals surface area contributed by atoms with Gasteiger partial charge in [-0.25, -0.2) is 4.98 Å². The molecule has 0 spiro atoms. The van der Waals surface area contributed by atoms with Crippen LogP contribution in [0.5, 0.6) is 0 Å². The molecule has 1 fully saturated rings. The zero-order valence-corrected chi connectivity index (χ0v) is 11.8.